The Balaban J connectivity index is 1.44. The summed E-state index contributed by atoms with van der Waals surface area (Å²) in [5.74, 6) is 0.528. The topological polar surface area (TPSA) is 0 Å². The van der Waals surface area contributed by atoms with Crippen molar-refractivity contribution in [2.45, 2.75) is 39.0 Å². The van der Waals surface area contributed by atoms with E-state index in [-0.39, 0.29) is 0 Å². The molecule has 0 aromatic heterocycles. The molecule has 0 radical (unpaired) electrons. The van der Waals surface area contributed by atoms with Crippen LogP contribution in [-0.2, 0) is 12.8 Å². The highest BCUT2D eigenvalue weighted by atomic mass is 14.1. The van der Waals surface area contributed by atoms with E-state index in [2.05, 4.69) is 117 Å². The predicted octanol–water partition coefficient (Wildman–Crippen LogP) is 8.32. The summed E-state index contributed by atoms with van der Waals surface area (Å²) in [7, 11) is 0. The molecule has 30 heavy (non-hydrogen) atoms. The van der Waals surface area contributed by atoms with Crippen molar-refractivity contribution >= 4 is 0 Å². The van der Waals surface area contributed by atoms with Crippen molar-refractivity contribution in [2.75, 3.05) is 0 Å². The van der Waals surface area contributed by atoms with Crippen molar-refractivity contribution < 1.29 is 0 Å². The van der Waals surface area contributed by atoms with Crippen LogP contribution >= 0.6 is 0 Å². The molecule has 1 atom stereocenters. The Kier molecular flexibility index (Phi) is 6.44. The van der Waals surface area contributed by atoms with Gasteiger partial charge >= 0.3 is 0 Å². The summed E-state index contributed by atoms with van der Waals surface area (Å²) in [6.07, 6.45) is 3.41. The lowest BCUT2D eigenvalue weighted by Gasteiger charge is -2.12. The van der Waals surface area contributed by atoms with Crippen LogP contribution in [0.2, 0.25) is 0 Å². The Hall–Kier alpha value is -3.12. The zero-order chi connectivity index (χ0) is 20.8. The zero-order valence-electron chi connectivity index (χ0n) is 18.0. The lowest BCUT2D eigenvalue weighted by atomic mass is 9.92. The highest BCUT2D eigenvalue weighted by Crippen LogP contribution is 2.27. The first kappa shape index (κ1) is 20.2. The lowest BCUT2D eigenvalue weighted by molar-refractivity contribution is 0.759. The molecule has 0 spiro atoms. The SMILES string of the molecule is CCCc1ccc(-c2ccc(-c3ccc(C[C@@H](C)c4ccccc4)cc3)cc2)cc1. The van der Waals surface area contributed by atoms with Crippen LogP contribution in [0.15, 0.2) is 103 Å². The number of benzene rings is 4. The minimum Gasteiger partial charge on any atom is -0.0651 e. The molecule has 0 saturated heterocycles. The second-order valence-corrected chi connectivity index (χ2v) is 8.24. The van der Waals surface area contributed by atoms with E-state index in [1.165, 1.54) is 45.4 Å². The second kappa shape index (κ2) is 9.59. The van der Waals surface area contributed by atoms with Gasteiger partial charge in [0, 0.05) is 0 Å². The van der Waals surface area contributed by atoms with Gasteiger partial charge in [-0.15, -0.1) is 0 Å². The molecule has 0 nitrogen and oxygen atoms in total. The van der Waals surface area contributed by atoms with Crippen molar-refractivity contribution in [3.63, 3.8) is 0 Å². The Morgan fingerprint density at radius 1 is 0.533 bits per heavy atom. The van der Waals surface area contributed by atoms with Crippen LogP contribution in [0.4, 0.5) is 0 Å². The van der Waals surface area contributed by atoms with Crippen LogP contribution in [0.1, 0.15) is 42.9 Å². The fraction of sp³-hybridized carbons (Fsp3) is 0.200. The van der Waals surface area contributed by atoms with Crippen molar-refractivity contribution in [3.8, 4) is 22.3 Å². The van der Waals surface area contributed by atoms with Gasteiger partial charge in [-0.2, -0.15) is 0 Å². The summed E-state index contributed by atoms with van der Waals surface area (Å²) in [4.78, 5) is 0. The predicted molar refractivity (Wildman–Crippen MR) is 130 cm³/mol. The van der Waals surface area contributed by atoms with E-state index < -0.39 is 0 Å². The first-order chi connectivity index (χ1) is 14.7. The maximum Gasteiger partial charge on any atom is -0.0150 e. The van der Waals surface area contributed by atoms with E-state index in [0.29, 0.717) is 5.92 Å². The van der Waals surface area contributed by atoms with Crippen molar-refractivity contribution in [3.05, 3.63) is 120 Å². The molecule has 0 saturated carbocycles. The van der Waals surface area contributed by atoms with Crippen molar-refractivity contribution in [1.29, 1.82) is 0 Å². The molecule has 0 heteroatoms. The van der Waals surface area contributed by atoms with E-state index >= 15 is 0 Å². The number of hydrogen-bond acceptors (Lipinski definition) is 0. The number of aryl methyl sites for hydroxylation is 1. The third-order valence-electron chi connectivity index (χ3n) is 5.91. The number of hydrogen-bond donors (Lipinski definition) is 0. The van der Waals surface area contributed by atoms with E-state index in [0.717, 1.165) is 12.8 Å². The average molecular weight is 391 g/mol. The molecule has 0 aliphatic carbocycles. The third-order valence-corrected chi connectivity index (χ3v) is 5.91. The van der Waals surface area contributed by atoms with E-state index in [9.17, 15) is 0 Å². The van der Waals surface area contributed by atoms with Gasteiger partial charge in [-0.05, 0) is 57.7 Å². The smallest absolute Gasteiger partial charge is 0.0150 e. The van der Waals surface area contributed by atoms with Crippen LogP contribution in [0.5, 0.6) is 0 Å². The van der Waals surface area contributed by atoms with Gasteiger partial charge in [0.15, 0.2) is 0 Å². The summed E-state index contributed by atoms with van der Waals surface area (Å²) in [6, 6.07) is 37.7. The Bertz CT molecular complexity index is 1040. The van der Waals surface area contributed by atoms with Gasteiger partial charge in [-0.3, -0.25) is 0 Å². The molecule has 0 aliphatic rings. The molecule has 0 N–H and O–H groups in total. The molecule has 0 fully saturated rings. The fourth-order valence-electron chi connectivity index (χ4n) is 4.09. The molecule has 150 valence electrons. The molecule has 0 amide bonds. The second-order valence-electron chi connectivity index (χ2n) is 8.24. The molecular weight excluding hydrogens is 360 g/mol. The quantitative estimate of drug-likeness (QED) is 0.297. The van der Waals surface area contributed by atoms with Gasteiger partial charge < -0.3 is 0 Å². The highest BCUT2D eigenvalue weighted by molar-refractivity contribution is 5.70. The molecule has 4 aromatic rings. The fourth-order valence-corrected chi connectivity index (χ4v) is 4.09. The maximum atomic E-state index is 2.30. The molecule has 4 aromatic carbocycles. The minimum atomic E-state index is 0.528. The summed E-state index contributed by atoms with van der Waals surface area (Å²) in [5.41, 5.74) is 9.31. The maximum absolute atomic E-state index is 2.30. The van der Waals surface area contributed by atoms with Gasteiger partial charge in [0.2, 0.25) is 0 Å². The van der Waals surface area contributed by atoms with Crippen LogP contribution < -0.4 is 0 Å². The molecule has 0 unspecified atom stereocenters. The standard InChI is InChI=1S/C30H30/c1-3-7-24-10-14-27(15-11-24)29-18-20-30(21-19-29)28-16-12-25(13-17-28)22-23(2)26-8-5-4-6-9-26/h4-6,8-21,23H,3,7,22H2,1-2H3/t23-/m1/s1. The normalized spacial score (nSPS) is 11.9. The third kappa shape index (κ3) is 4.89. The van der Waals surface area contributed by atoms with Gasteiger partial charge in [0.25, 0.3) is 0 Å². The number of rotatable bonds is 7. The Labute approximate surface area is 181 Å². The van der Waals surface area contributed by atoms with Crippen molar-refractivity contribution in [2.24, 2.45) is 0 Å². The van der Waals surface area contributed by atoms with E-state index in [4.69, 9.17) is 0 Å². The van der Waals surface area contributed by atoms with Gasteiger partial charge in [0.05, 0.1) is 0 Å². The van der Waals surface area contributed by atoms with Crippen LogP contribution in [-0.4, -0.2) is 0 Å². The summed E-state index contributed by atoms with van der Waals surface area (Å²) in [5, 5.41) is 0. The van der Waals surface area contributed by atoms with Gasteiger partial charge in [-0.25, -0.2) is 0 Å². The lowest BCUT2D eigenvalue weighted by Crippen LogP contribution is -1.98. The zero-order valence-corrected chi connectivity index (χ0v) is 18.0. The largest absolute Gasteiger partial charge is 0.0651 e. The Morgan fingerprint density at radius 2 is 0.967 bits per heavy atom. The van der Waals surface area contributed by atoms with Crippen LogP contribution in [0.3, 0.4) is 0 Å². The van der Waals surface area contributed by atoms with E-state index in [1.54, 1.807) is 0 Å². The summed E-state index contributed by atoms with van der Waals surface area (Å²) in [6.45, 7) is 4.53. The summed E-state index contributed by atoms with van der Waals surface area (Å²) < 4.78 is 0. The monoisotopic (exact) mass is 390 g/mol. The molecule has 0 heterocycles. The highest BCUT2D eigenvalue weighted by Gasteiger charge is 2.07. The minimum absolute atomic E-state index is 0.528. The molecule has 4 rings (SSSR count). The summed E-state index contributed by atoms with van der Waals surface area (Å²) >= 11 is 0. The van der Waals surface area contributed by atoms with Crippen molar-refractivity contribution in [1.82, 2.24) is 0 Å². The van der Waals surface area contributed by atoms with E-state index in [1.807, 2.05) is 0 Å². The first-order valence-corrected chi connectivity index (χ1v) is 11.1. The van der Waals surface area contributed by atoms with Gasteiger partial charge in [0.1, 0.15) is 0 Å². The van der Waals surface area contributed by atoms with Gasteiger partial charge in [-0.1, -0.05) is 123 Å². The van der Waals surface area contributed by atoms with Crippen LogP contribution in [0, 0.1) is 0 Å². The molecular formula is C30H30. The first-order valence-electron chi connectivity index (χ1n) is 11.1. The Morgan fingerprint density at radius 3 is 1.43 bits per heavy atom. The molecule has 0 aliphatic heterocycles. The average Bonchev–Trinajstić information content (AvgIpc) is 2.81. The van der Waals surface area contributed by atoms with Crippen LogP contribution in [0.25, 0.3) is 22.3 Å². The molecule has 0 bridgehead atoms.